The zero-order chi connectivity index (χ0) is 21.6. The number of fused-ring (bicyclic) bond motifs is 2. The van der Waals surface area contributed by atoms with Gasteiger partial charge in [0.1, 0.15) is 23.7 Å². The summed E-state index contributed by atoms with van der Waals surface area (Å²) >= 11 is 0. The molecule has 2 aliphatic rings. The van der Waals surface area contributed by atoms with Crippen LogP contribution >= 0.6 is 0 Å². The predicted octanol–water partition coefficient (Wildman–Crippen LogP) is 4.23. The van der Waals surface area contributed by atoms with Gasteiger partial charge in [-0.15, -0.1) is 0 Å². The molecule has 2 aliphatic heterocycles. The van der Waals surface area contributed by atoms with E-state index in [1.807, 2.05) is 54.6 Å². The molecule has 5 rings (SSSR count). The number of benzene rings is 3. The molecule has 0 saturated heterocycles. The Hall–Kier alpha value is -3.89. The van der Waals surface area contributed by atoms with Crippen LogP contribution in [0.5, 0.6) is 5.75 Å². The fourth-order valence-electron chi connectivity index (χ4n) is 4.06. The average Bonchev–Trinajstić information content (AvgIpc) is 3.07. The molecular formula is C24H19FN4O2. The van der Waals surface area contributed by atoms with E-state index in [-0.39, 0.29) is 17.6 Å². The Morgan fingerprint density at radius 2 is 1.87 bits per heavy atom. The van der Waals surface area contributed by atoms with E-state index in [0.717, 1.165) is 16.7 Å². The molecule has 0 saturated carbocycles. The van der Waals surface area contributed by atoms with Crippen molar-refractivity contribution in [2.45, 2.75) is 18.2 Å². The lowest BCUT2D eigenvalue weighted by Gasteiger charge is -2.37. The Kier molecular flexibility index (Phi) is 4.38. The molecule has 3 aromatic carbocycles. The Balaban J connectivity index is 1.63. The van der Waals surface area contributed by atoms with Gasteiger partial charge in [0.05, 0.1) is 11.1 Å². The minimum absolute atomic E-state index is 0.00978. The van der Waals surface area contributed by atoms with E-state index in [4.69, 9.17) is 15.3 Å². The summed E-state index contributed by atoms with van der Waals surface area (Å²) in [6, 6.07) is 21.9. The highest BCUT2D eigenvalue weighted by atomic mass is 19.1. The first-order valence-electron chi connectivity index (χ1n) is 9.83. The van der Waals surface area contributed by atoms with Crippen LogP contribution in [0.3, 0.4) is 0 Å². The zero-order valence-electron chi connectivity index (χ0n) is 16.7. The minimum atomic E-state index is -1.04. The van der Waals surface area contributed by atoms with Crippen molar-refractivity contribution in [2.75, 3.05) is 7.05 Å². The summed E-state index contributed by atoms with van der Waals surface area (Å²) in [4.78, 5) is 10.8. The molecule has 0 amide bonds. The number of nitrogens with zero attached hydrogens (tertiary/aromatic N) is 3. The van der Waals surface area contributed by atoms with Gasteiger partial charge in [-0.25, -0.2) is 19.3 Å². The van der Waals surface area contributed by atoms with Crippen molar-refractivity contribution in [1.82, 2.24) is 5.06 Å². The van der Waals surface area contributed by atoms with Crippen LogP contribution in [0.1, 0.15) is 29.2 Å². The molecule has 3 aromatic rings. The third-order valence-corrected chi connectivity index (χ3v) is 5.63. The van der Waals surface area contributed by atoms with Gasteiger partial charge in [0, 0.05) is 13.5 Å². The smallest absolute Gasteiger partial charge is 0.222 e. The molecule has 7 heteroatoms. The van der Waals surface area contributed by atoms with E-state index in [9.17, 15) is 9.65 Å². The summed E-state index contributed by atoms with van der Waals surface area (Å²) in [5.41, 5.74) is 8.26. The van der Waals surface area contributed by atoms with Gasteiger partial charge < -0.3 is 10.5 Å². The first-order valence-corrected chi connectivity index (χ1v) is 9.83. The van der Waals surface area contributed by atoms with Gasteiger partial charge in [0.25, 0.3) is 0 Å². The number of hydrogen-bond acceptors (Lipinski definition) is 6. The summed E-state index contributed by atoms with van der Waals surface area (Å²) < 4.78 is 20.1. The lowest BCUT2D eigenvalue weighted by atomic mass is 9.88. The van der Waals surface area contributed by atoms with Crippen LogP contribution in [0.2, 0.25) is 0 Å². The number of rotatable bonds is 2. The molecular weight excluding hydrogens is 395 g/mol. The van der Waals surface area contributed by atoms with Crippen molar-refractivity contribution in [2.24, 2.45) is 10.7 Å². The Morgan fingerprint density at radius 3 is 2.58 bits per heavy atom. The first-order chi connectivity index (χ1) is 15.0. The Labute approximate surface area is 178 Å². The van der Waals surface area contributed by atoms with Gasteiger partial charge in [-0.2, -0.15) is 5.26 Å². The maximum Gasteiger partial charge on any atom is 0.222 e. The van der Waals surface area contributed by atoms with Crippen LogP contribution in [0.4, 0.5) is 4.39 Å². The molecule has 31 heavy (non-hydrogen) atoms. The van der Waals surface area contributed by atoms with Crippen LogP contribution < -0.4 is 10.5 Å². The summed E-state index contributed by atoms with van der Waals surface area (Å²) in [6.45, 7) is 0. The van der Waals surface area contributed by atoms with E-state index in [1.54, 1.807) is 13.1 Å². The van der Waals surface area contributed by atoms with Crippen LogP contribution in [0.15, 0.2) is 71.7 Å². The molecule has 0 aliphatic carbocycles. The average molecular weight is 414 g/mol. The molecule has 0 radical (unpaired) electrons. The summed E-state index contributed by atoms with van der Waals surface area (Å²) in [5, 5.41) is 10.6. The highest BCUT2D eigenvalue weighted by molar-refractivity contribution is 5.79. The van der Waals surface area contributed by atoms with Crippen molar-refractivity contribution in [1.29, 1.82) is 5.26 Å². The van der Waals surface area contributed by atoms with Crippen LogP contribution in [0.25, 0.3) is 11.1 Å². The molecule has 0 bridgehead atoms. The molecule has 2 N–H and O–H groups in total. The number of aliphatic imine (C=N–C) groups is 1. The van der Waals surface area contributed by atoms with Crippen LogP contribution in [-0.4, -0.2) is 18.1 Å². The number of nitriles is 1. The first kappa shape index (κ1) is 19.1. The summed E-state index contributed by atoms with van der Waals surface area (Å²) in [5.74, 6) is 0.366. The Bertz CT molecular complexity index is 1240. The van der Waals surface area contributed by atoms with Crippen molar-refractivity contribution in [3.8, 4) is 22.9 Å². The van der Waals surface area contributed by atoms with Crippen molar-refractivity contribution >= 4 is 5.96 Å². The number of halogens is 1. The molecule has 2 unspecified atom stereocenters. The quantitative estimate of drug-likeness (QED) is 0.678. The van der Waals surface area contributed by atoms with E-state index in [2.05, 4.69) is 4.99 Å². The number of hydrogen-bond donors (Lipinski definition) is 1. The highest BCUT2D eigenvalue weighted by Gasteiger charge is 2.49. The Morgan fingerprint density at radius 1 is 1.13 bits per heavy atom. The van der Waals surface area contributed by atoms with E-state index in [0.29, 0.717) is 17.7 Å². The fraction of sp³-hybridized carbons (Fsp3) is 0.167. The van der Waals surface area contributed by atoms with Gasteiger partial charge in [0.15, 0.2) is 0 Å². The lowest BCUT2D eigenvalue weighted by Crippen LogP contribution is -2.36. The second-order valence-electron chi connectivity index (χ2n) is 7.58. The van der Waals surface area contributed by atoms with Crippen LogP contribution in [-0.2, 0) is 10.6 Å². The SMILES string of the molecule is CN1OC2(CC(c3ccccc3)Oc3ccc(-c4ccc(F)c(C#N)c4)cc32)N=C1N. The topological polar surface area (TPSA) is 83.9 Å². The predicted molar refractivity (Wildman–Crippen MR) is 113 cm³/mol. The van der Waals surface area contributed by atoms with E-state index >= 15 is 0 Å². The molecule has 2 atom stereocenters. The maximum absolute atomic E-state index is 13.8. The normalized spacial score (nSPS) is 21.9. The second-order valence-corrected chi connectivity index (χ2v) is 7.58. The summed E-state index contributed by atoms with van der Waals surface area (Å²) in [6.07, 6.45) is 0.171. The lowest BCUT2D eigenvalue weighted by molar-refractivity contribution is -0.191. The van der Waals surface area contributed by atoms with Gasteiger partial charge in [-0.3, -0.25) is 0 Å². The molecule has 154 valence electrons. The van der Waals surface area contributed by atoms with Crippen molar-refractivity contribution in [3.05, 3.63) is 89.2 Å². The molecule has 2 heterocycles. The maximum atomic E-state index is 13.8. The highest BCUT2D eigenvalue weighted by Crippen LogP contribution is 2.50. The second kappa shape index (κ2) is 7.11. The third kappa shape index (κ3) is 3.18. The molecule has 0 fully saturated rings. The third-order valence-electron chi connectivity index (χ3n) is 5.63. The number of hydroxylamine groups is 2. The molecule has 6 nitrogen and oxygen atoms in total. The van der Waals surface area contributed by atoms with E-state index in [1.165, 1.54) is 17.2 Å². The van der Waals surface area contributed by atoms with Crippen molar-refractivity contribution in [3.63, 3.8) is 0 Å². The largest absolute Gasteiger partial charge is 0.485 e. The zero-order valence-corrected chi connectivity index (χ0v) is 16.7. The monoisotopic (exact) mass is 414 g/mol. The van der Waals surface area contributed by atoms with Gasteiger partial charge in [0.2, 0.25) is 11.7 Å². The number of nitrogens with two attached hydrogens (primary N) is 1. The van der Waals surface area contributed by atoms with Gasteiger partial charge >= 0.3 is 0 Å². The molecule has 1 spiro atoms. The number of guanidine groups is 1. The summed E-state index contributed by atoms with van der Waals surface area (Å²) in [7, 11) is 1.71. The van der Waals surface area contributed by atoms with E-state index < -0.39 is 11.5 Å². The fourth-order valence-corrected chi connectivity index (χ4v) is 4.06. The molecule has 0 aromatic heterocycles. The number of ether oxygens (including phenoxy) is 1. The van der Waals surface area contributed by atoms with Crippen molar-refractivity contribution < 1.29 is 14.0 Å². The van der Waals surface area contributed by atoms with Crippen LogP contribution in [0, 0.1) is 17.1 Å². The van der Waals surface area contributed by atoms with Gasteiger partial charge in [-0.05, 0) is 41.0 Å². The minimum Gasteiger partial charge on any atom is -0.485 e. The van der Waals surface area contributed by atoms with Gasteiger partial charge in [-0.1, -0.05) is 42.5 Å². The standard InChI is InChI=1S/C24H19FN4O2/c1-29-23(27)28-24(31-29)13-22(15-5-3-2-4-6-15)30-21-10-8-17(12-19(21)24)16-7-9-20(25)18(11-16)14-26/h2-12,22H,13H2,1H3,(H2,27,28).